The first-order chi connectivity index (χ1) is 14.9. The van der Waals surface area contributed by atoms with Crippen molar-refractivity contribution in [2.24, 2.45) is 11.8 Å². The number of ether oxygens (including phenoxy) is 1. The molecule has 1 unspecified atom stereocenters. The molecule has 0 aromatic heterocycles. The number of nitrogens with zero attached hydrogens (tertiary/aromatic N) is 1. The number of nitrogens with one attached hydrogen (secondary N) is 1. The van der Waals surface area contributed by atoms with Crippen LogP contribution in [-0.4, -0.2) is 33.8 Å². The number of Topliss-reactive ketones (excluding diaryl/α,β-unsaturated/α-hetero) is 1. The zero-order valence-corrected chi connectivity index (χ0v) is 17.8. The van der Waals surface area contributed by atoms with Crippen molar-refractivity contribution < 1.29 is 22.7 Å². The number of methoxy groups -OCH3 is 1. The van der Waals surface area contributed by atoms with Gasteiger partial charge in [-0.1, -0.05) is 25.0 Å². The fourth-order valence-corrected chi connectivity index (χ4v) is 5.56. The zero-order chi connectivity index (χ0) is 21.8. The maximum absolute atomic E-state index is 13.5. The SMILES string of the molecule is COc1ccc2c(c1)C(=O)C(C1=CS(=O)(=O)c3ccccc3N1)C(=O)N2CCC1CC1. The van der Waals surface area contributed by atoms with E-state index in [4.69, 9.17) is 4.74 Å². The van der Waals surface area contributed by atoms with Gasteiger partial charge in [0.05, 0.1) is 28.8 Å². The Morgan fingerprint density at radius 1 is 1.13 bits per heavy atom. The van der Waals surface area contributed by atoms with Crippen LogP contribution < -0.4 is 15.0 Å². The Morgan fingerprint density at radius 2 is 1.90 bits per heavy atom. The van der Waals surface area contributed by atoms with Gasteiger partial charge in [-0.25, -0.2) is 8.42 Å². The summed E-state index contributed by atoms with van der Waals surface area (Å²) in [4.78, 5) is 28.7. The van der Waals surface area contributed by atoms with Gasteiger partial charge < -0.3 is 15.0 Å². The molecule has 1 amide bonds. The summed E-state index contributed by atoms with van der Waals surface area (Å²) in [6, 6.07) is 11.5. The minimum absolute atomic E-state index is 0.0820. The summed E-state index contributed by atoms with van der Waals surface area (Å²) in [7, 11) is -2.27. The highest BCUT2D eigenvalue weighted by Gasteiger charge is 2.44. The van der Waals surface area contributed by atoms with Gasteiger partial charge in [0.25, 0.3) is 0 Å². The molecule has 5 rings (SSSR count). The van der Waals surface area contributed by atoms with Crippen LogP contribution in [0, 0.1) is 11.8 Å². The number of hydrogen-bond donors (Lipinski definition) is 1. The Hall–Kier alpha value is -3.13. The van der Waals surface area contributed by atoms with Gasteiger partial charge in [-0.2, -0.15) is 0 Å². The molecule has 1 aliphatic carbocycles. The molecule has 7 nitrogen and oxygen atoms in total. The van der Waals surface area contributed by atoms with E-state index in [2.05, 4.69) is 5.32 Å². The number of carbonyl (C=O) groups is 2. The molecule has 3 aliphatic rings. The lowest BCUT2D eigenvalue weighted by Gasteiger charge is -2.35. The summed E-state index contributed by atoms with van der Waals surface area (Å²) in [5, 5.41) is 4.04. The Labute approximate surface area is 180 Å². The van der Waals surface area contributed by atoms with Gasteiger partial charge in [-0.3, -0.25) is 9.59 Å². The second-order valence-electron chi connectivity index (χ2n) is 8.14. The van der Waals surface area contributed by atoms with Crippen LogP contribution in [0.4, 0.5) is 11.4 Å². The van der Waals surface area contributed by atoms with E-state index < -0.39 is 27.4 Å². The number of hydrogen-bond acceptors (Lipinski definition) is 6. The van der Waals surface area contributed by atoms with Crippen molar-refractivity contribution in [2.75, 3.05) is 23.9 Å². The van der Waals surface area contributed by atoms with Gasteiger partial charge in [0.15, 0.2) is 5.78 Å². The van der Waals surface area contributed by atoms with E-state index in [1.165, 1.54) is 13.2 Å². The molecule has 0 bridgehead atoms. The summed E-state index contributed by atoms with van der Waals surface area (Å²) in [6.07, 6.45) is 3.16. The molecular formula is C23H22N2O5S. The van der Waals surface area contributed by atoms with Gasteiger partial charge >= 0.3 is 0 Å². The van der Waals surface area contributed by atoms with Gasteiger partial charge in [-0.15, -0.1) is 0 Å². The number of carbonyl (C=O) groups excluding carboxylic acids is 2. The number of amides is 1. The van der Waals surface area contributed by atoms with Crippen molar-refractivity contribution in [3.8, 4) is 5.75 Å². The van der Waals surface area contributed by atoms with Gasteiger partial charge in [0.2, 0.25) is 15.7 Å². The third-order valence-electron chi connectivity index (χ3n) is 6.06. The van der Waals surface area contributed by atoms with E-state index >= 15 is 0 Å². The molecule has 2 aliphatic heterocycles. The van der Waals surface area contributed by atoms with Crippen molar-refractivity contribution in [2.45, 2.75) is 24.2 Å². The van der Waals surface area contributed by atoms with E-state index in [-0.39, 0.29) is 10.6 Å². The Kier molecular flexibility index (Phi) is 4.62. The molecule has 0 radical (unpaired) electrons. The topological polar surface area (TPSA) is 92.8 Å². The smallest absolute Gasteiger partial charge is 0.244 e. The number of fused-ring (bicyclic) bond motifs is 2. The number of ketones is 1. The van der Waals surface area contributed by atoms with Crippen LogP contribution in [0.15, 0.2) is 58.5 Å². The molecule has 0 spiro atoms. The Balaban J connectivity index is 1.59. The van der Waals surface area contributed by atoms with Crippen LogP contribution in [-0.2, 0) is 14.6 Å². The average Bonchev–Trinajstić information content (AvgIpc) is 3.57. The van der Waals surface area contributed by atoms with E-state index in [0.717, 1.165) is 24.7 Å². The second kappa shape index (κ2) is 7.23. The summed E-state index contributed by atoms with van der Waals surface area (Å²) in [5.74, 6) is -0.982. The maximum Gasteiger partial charge on any atom is 0.244 e. The fraction of sp³-hybridized carbons (Fsp3) is 0.304. The Bertz CT molecular complexity index is 1230. The molecule has 1 fully saturated rings. The van der Waals surface area contributed by atoms with Gasteiger partial charge in [0.1, 0.15) is 11.7 Å². The molecule has 8 heteroatoms. The molecule has 1 N–H and O–H groups in total. The highest BCUT2D eigenvalue weighted by molar-refractivity contribution is 7.94. The molecular weight excluding hydrogens is 416 g/mol. The van der Waals surface area contributed by atoms with Gasteiger partial charge in [-0.05, 0) is 42.7 Å². The largest absolute Gasteiger partial charge is 0.497 e. The van der Waals surface area contributed by atoms with Crippen molar-refractivity contribution in [3.05, 3.63) is 59.1 Å². The van der Waals surface area contributed by atoms with Crippen molar-refractivity contribution in [1.29, 1.82) is 0 Å². The highest BCUT2D eigenvalue weighted by Crippen LogP contribution is 2.40. The quantitative estimate of drug-likeness (QED) is 0.720. The van der Waals surface area contributed by atoms with Crippen LogP contribution in [0.1, 0.15) is 29.6 Å². The van der Waals surface area contributed by atoms with E-state index in [0.29, 0.717) is 35.2 Å². The first-order valence-electron chi connectivity index (χ1n) is 10.3. The van der Waals surface area contributed by atoms with E-state index in [9.17, 15) is 18.0 Å². The van der Waals surface area contributed by atoms with Crippen LogP contribution >= 0.6 is 0 Å². The highest BCUT2D eigenvalue weighted by atomic mass is 32.2. The standard InChI is InChI=1S/C23H22N2O5S/c1-30-15-8-9-19-16(12-15)22(26)21(23(27)25(19)11-10-14-6-7-14)18-13-31(28,29)20-5-3-2-4-17(20)24-18/h2-5,8-9,12-14,21,24H,6-7,10-11H2,1H3. The molecule has 2 aromatic rings. The van der Waals surface area contributed by atoms with E-state index in [1.807, 2.05) is 0 Å². The number of anilines is 2. The second-order valence-corrected chi connectivity index (χ2v) is 9.91. The molecule has 31 heavy (non-hydrogen) atoms. The zero-order valence-electron chi connectivity index (χ0n) is 17.0. The third-order valence-corrected chi connectivity index (χ3v) is 7.59. The normalized spacial score (nSPS) is 21.6. The fourth-order valence-electron chi connectivity index (χ4n) is 4.21. The summed E-state index contributed by atoms with van der Waals surface area (Å²) in [5.41, 5.74) is 1.35. The summed E-state index contributed by atoms with van der Waals surface area (Å²) in [6.45, 7) is 0.489. The maximum atomic E-state index is 13.5. The lowest BCUT2D eigenvalue weighted by atomic mass is 9.87. The monoisotopic (exact) mass is 438 g/mol. The predicted octanol–water partition coefficient (Wildman–Crippen LogP) is 3.38. The Morgan fingerprint density at radius 3 is 2.65 bits per heavy atom. The van der Waals surface area contributed by atoms with Crippen LogP contribution in [0.2, 0.25) is 0 Å². The number of rotatable bonds is 5. The number of benzene rings is 2. The van der Waals surface area contributed by atoms with Crippen molar-refractivity contribution in [3.63, 3.8) is 0 Å². The number of para-hydroxylation sites is 1. The summed E-state index contributed by atoms with van der Waals surface area (Å²) < 4.78 is 30.9. The lowest BCUT2D eigenvalue weighted by molar-refractivity contribution is -0.120. The molecule has 2 aromatic carbocycles. The molecule has 1 saturated carbocycles. The minimum atomic E-state index is -3.78. The van der Waals surface area contributed by atoms with Gasteiger partial charge in [0, 0.05) is 17.8 Å². The van der Waals surface area contributed by atoms with E-state index in [1.54, 1.807) is 41.3 Å². The average molecular weight is 439 g/mol. The molecule has 0 saturated heterocycles. The minimum Gasteiger partial charge on any atom is -0.497 e. The lowest BCUT2D eigenvalue weighted by Crippen LogP contribution is -2.47. The van der Waals surface area contributed by atoms with Crippen LogP contribution in [0.5, 0.6) is 5.75 Å². The third kappa shape index (κ3) is 3.40. The molecule has 2 heterocycles. The molecule has 160 valence electrons. The first-order valence-corrected chi connectivity index (χ1v) is 11.8. The molecule has 1 atom stereocenters. The summed E-state index contributed by atoms with van der Waals surface area (Å²) >= 11 is 0. The van der Waals surface area contributed by atoms with Crippen molar-refractivity contribution in [1.82, 2.24) is 0 Å². The number of sulfone groups is 1. The van der Waals surface area contributed by atoms with Crippen molar-refractivity contribution >= 4 is 32.9 Å². The first kappa shape index (κ1) is 19.8. The van der Waals surface area contributed by atoms with Crippen LogP contribution in [0.3, 0.4) is 0 Å². The predicted molar refractivity (Wildman–Crippen MR) is 116 cm³/mol. The van der Waals surface area contributed by atoms with Crippen LogP contribution in [0.25, 0.3) is 0 Å².